The molecule has 118 valence electrons. The van der Waals surface area contributed by atoms with Crippen LogP contribution in [0, 0.1) is 0 Å². The van der Waals surface area contributed by atoms with E-state index in [-0.39, 0.29) is 12.6 Å². The first-order valence-corrected chi connectivity index (χ1v) is 7.58. The summed E-state index contributed by atoms with van der Waals surface area (Å²) in [4.78, 5) is 1.99. The van der Waals surface area contributed by atoms with Gasteiger partial charge in [0.15, 0.2) is 0 Å². The molecule has 0 spiro atoms. The van der Waals surface area contributed by atoms with Crippen LogP contribution in [0.15, 0.2) is 30.3 Å². The van der Waals surface area contributed by atoms with Gasteiger partial charge >= 0.3 is 6.18 Å². The number of piperazine rings is 1. The van der Waals surface area contributed by atoms with Crippen molar-refractivity contribution in [2.75, 3.05) is 19.6 Å². The van der Waals surface area contributed by atoms with Crippen molar-refractivity contribution in [1.29, 1.82) is 0 Å². The number of benzene rings is 1. The first kappa shape index (κ1) is 16.3. The number of nitrogens with zero attached hydrogens (tertiary/aromatic N) is 1. The van der Waals surface area contributed by atoms with Gasteiger partial charge in [-0.2, -0.15) is 13.2 Å². The molecule has 0 bridgehead atoms. The molecule has 1 aliphatic rings. The molecule has 1 aromatic carbocycles. The van der Waals surface area contributed by atoms with Gasteiger partial charge in [0, 0.05) is 31.7 Å². The quantitative estimate of drug-likeness (QED) is 0.891. The topological polar surface area (TPSA) is 15.3 Å². The van der Waals surface area contributed by atoms with Gasteiger partial charge in [0.2, 0.25) is 0 Å². The Morgan fingerprint density at radius 2 is 1.95 bits per heavy atom. The van der Waals surface area contributed by atoms with E-state index >= 15 is 0 Å². The van der Waals surface area contributed by atoms with E-state index < -0.39 is 12.6 Å². The second kappa shape index (κ2) is 7.27. The molecule has 0 amide bonds. The predicted octanol–water partition coefficient (Wildman–Crippen LogP) is 3.75. The Morgan fingerprint density at radius 3 is 2.57 bits per heavy atom. The second-order valence-electron chi connectivity index (χ2n) is 5.68. The maximum Gasteiger partial charge on any atom is 0.390 e. The molecular formula is C16H23F3N2. The van der Waals surface area contributed by atoms with Gasteiger partial charge in [-0.05, 0) is 12.0 Å². The minimum atomic E-state index is -4.09. The number of rotatable bonds is 5. The molecular weight excluding hydrogens is 277 g/mol. The van der Waals surface area contributed by atoms with Crippen molar-refractivity contribution in [3.05, 3.63) is 35.9 Å². The van der Waals surface area contributed by atoms with Gasteiger partial charge in [0.05, 0.1) is 6.42 Å². The van der Waals surface area contributed by atoms with Crippen LogP contribution in [-0.2, 0) is 0 Å². The molecule has 1 N–H and O–H groups in total. The highest BCUT2D eigenvalue weighted by molar-refractivity contribution is 5.20. The lowest BCUT2D eigenvalue weighted by Crippen LogP contribution is -2.52. The SMILES string of the molecule is CCCC1CN(CCC(F)(F)F)C(c2ccccc2)CN1. The Hall–Kier alpha value is -1.07. The summed E-state index contributed by atoms with van der Waals surface area (Å²) in [6.07, 6.45) is -2.79. The summed E-state index contributed by atoms with van der Waals surface area (Å²) in [5.41, 5.74) is 1.09. The molecule has 5 heteroatoms. The van der Waals surface area contributed by atoms with Crippen LogP contribution in [0.25, 0.3) is 0 Å². The van der Waals surface area contributed by atoms with E-state index in [9.17, 15) is 13.2 Å². The van der Waals surface area contributed by atoms with E-state index in [1.807, 2.05) is 35.2 Å². The third kappa shape index (κ3) is 5.00. The first-order valence-electron chi connectivity index (χ1n) is 7.58. The summed E-state index contributed by atoms with van der Waals surface area (Å²) >= 11 is 0. The maximum atomic E-state index is 12.5. The zero-order chi connectivity index (χ0) is 15.3. The fourth-order valence-corrected chi connectivity index (χ4v) is 2.95. The Morgan fingerprint density at radius 1 is 1.24 bits per heavy atom. The summed E-state index contributed by atoms with van der Waals surface area (Å²) in [6.45, 7) is 3.58. The molecule has 1 fully saturated rings. The smallest absolute Gasteiger partial charge is 0.311 e. The van der Waals surface area contributed by atoms with E-state index in [4.69, 9.17) is 0 Å². The van der Waals surface area contributed by atoms with Gasteiger partial charge < -0.3 is 5.32 Å². The van der Waals surface area contributed by atoms with Crippen LogP contribution < -0.4 is 5.32 Å². The third-order valence-corrected chi connectivity index (χ3v) is 4.00. The number of hydrogen-bond donors (Lipinski definition) is 1. The molecule has 0 aromatic heterocycles. The zero-order valence-electron chi connectivity index (χ0n) is 12.4. The highest BCUT2D eigenvalue weighted by Crippen LogP contribution is 2.27. The van der Waals surface area contributed by atoms with Gasteiger partial charge in [0.25, 0.3) is 0 Å². The second-order valence-corrected chi connectivity index (χ2v) is 5.68. The molecule has 1 aromatic rings. The summed E-state index contributed by atoms with van der Waals surface area (Å²) in [7, 11) is 0. The molecule has 2 unspecified atom stereocenters. The van der Waals surface area contributed by atoms with E-state index in [0.29, 0.717) is 19.1 Å². The Kier molecular flexibility index (Phi) is 5.65. The summed E-state index contributed by atoms with van der Waals surface area (Å²) < 4.78 is 37.6. The maximum absolute atomic E-state index is 12.5. The van der Waals surface area contributed by atoms with Gasteiger partial charge in [0.1, 0.15) is 0 Å². The van der Waals surface area contributed by atoms with E-state index in [1.165, 1.54) is 0 Å². The van der Waals surface area contributed by atoms with E-state index in [0.717, 1.165) is 18.4 Å². The Labute approximate surface area is 124 Å². The van der Waals surface area contributed by atoms with Gasteiger partial charge in [-0.25, -0.2) is 0 Å². The van der Waals surface area contributed by atoms with Crippen molar-refractivity contribution >= 4 is 0 Å². The molecule has 2 rings (SSSR count). The lowest BCUT2D eigenvalue weighted by Gasteiger charge is -2.41. The molecule has 1 saturated heterocycles. The highest BCUT2D eigenvalue weighted by Gasteiger charge is 2.33. The lowest BCUT2D eigenvalue weighted by molar-refractivity contribution is -0.140. The average Bonchev–Trinajstić information content (AvgIpc) is 2.46. The third-order valence-electron chi connectivity index (χ3n) is 4.00. The highest BCUT2D eigenvalue weighted by atomic mass is 19.4. The molecule has 2 nitrogen and oxygen atoms in total. The van der Waals surface area contributed by atoms with Gasteiger partial charge in [-0.1, -0.05) is 43.7 Å². The fraction of sp³-hybridized carbons (Fsp3) is 0.625. The number of hydrogen-bond acceptors (Lipinski definition) is 2. The van der Waals surface area contributed by atoms with Crippen LogP contribution in [-0.4, -0.2) is 36.8 Å². The average molecular weight is 300 g/mol. The van der Waals surface area contributed by atoms with Crippen molar-refractivity contribution in [2.45, 2.75) is 44.4 Å². The molecule has 1 heterocycles. The Balaban J connectivity index is 2.06. The molecule has 1 aliphatic heterocycles. The first-order chi connectivity index (χ1) is 9.99. The Bertz CT molecular complexity index is 419. The predicted molar refractivity (Wildman–Crippen MR) is 78.1 cm³/mol. The van der Waals surface area contributed by atoms with Crippen LogP contribution in [0.1, 0.15) is 37.8 Å². The molecule has 2 atom stereocenters. The van der Waals surface area contributed by atoms with Crippen molar-refractivity contribution in [3.8, 4) is 0 Å². The summed E-state index contributed by atoms with van der Waals surface area (Å²) in [5, 5.41) is 3.47. The van der Waals surface area contributed by atoms with Gasteiger partial charge in [-0.15, -0.1) is 0 Å². The minimum Gasteiger partial charge on any atom is -0.311 e. The fourth-order valence-electron chi connectivity index (χ4n) is 2.95. The minimum absolute atomic E-state index is 0.0293. The van der Waals surface area contributed by atoms with Crippen LogP contribution in [0.2, 0.25) is 0 Å². The number of nitrogens with one attached hydrogen (secondary N) is 1. The molecule has 0 aliphatic carbocycles. The number of halogens is 3. The largest absolute Gasteiger partial charge is 0.390 e. The van der Waals surface area contributed by atoms with Crippen LogP contribution in [0.4, 0.5) is 13.2 Å². The van der Waals surface area contributed by atoms with Crippen molar-refractivity contribution < 1.29 is 13.2 Å². The normalized spacial score (nSPS) is 24.2. The molecule has 21 heavy (non-hydrogen) atoms. The standard InChI is InChI=1S/C16H23F3N2/c1-2-6-14-12-21(10-9-16(17,18)19)15(11-20-14)13-7-4-3-5-8-13/h3-5,7-8,14-15,20H,2,6,9-12H2,1H3. The summed E-state index contributed by atoms with van der Waals surface area (Å²) in [5.74, 6) is 0. The molecule has 0 saturated carbocycles. The van der Waals surface area contributed by atoms with Crippen molar-refractivity contribution in [2.24, 2.45) is 0 Å². The zero-order valence-corrected chi connectivity index (χ0v) is 12.4. The van der Waals surface area contributed by atoms with E-state index in [2.05, 4.69) is 12.2 Å². The number of alkyl halides is 3. The summed E-state index contributed by atoms with van der Waals surface area (Å²) in [6, 6.07) is 10.1. The van der Waals surface area contributed by atoms with Crippen molar-refractivity contribution in [3.63, 3.8) is 0 Å². The van der Waals surface area contributed by atoms with Crippen molar-refractivity contribution in [1.82, 2.24) is 10.2 Å². The van der Waals surface area contributed by atoms with Crippen LogP contribution in [0.3, 0.4) is 0 Å². The lowest BCUT2D eigenvalue weighted by atomic mass is 9.99. The monoisotopic (exact) mass is 300 g/mol. The van der Waals surface area contributed by atoms with Crippen LogP contribution in [0.5, 0.6) is 0 Å². The molecule has 0 radical (unpaired) electrons. The van der Waals surface area contributed by atoms with Crippen LogP contribution >= 0.6 is 0 Å². The van der Waals surface area contributed by atoms with E-state index in [1.54, 1.807) is 0 Å². The van der Waals surface area contributed by atoms with Gasteiger partial charge in [-0.3, -0.25) is 4.90 Å².